The molecule has 0 spiro atoms. The summed E-state index contributed by atoms with van der Waals surface area (Å²) in [5.74, 6) is 0.00131. The summed E-state index contributed by atoms with van der Waals surface area (Å²) in [6.07, 6.45) is 0. The summed E-state index contributed by atoms with van der Waals surface area (Å²) in [5.41, 5.74) is 0.849. The van der Waals surface area contributed by atoms with Gasteiger partial charge >= 0.3 is 0 Å². The van der Waals surface area contributed by atoms with Crippen LogP contribution in [0.3, 0.4) is 0 Å². The number of methoxy groups -OCH3 is 1. The molecule has 9 heteroatoms. The van der Waals surface area contributed by atoms with Crippen LogP contribution in [0.2, 0.25) is 0 Å². The van der Waals surface area contributed by atoms with Gasteiger partial charge in [-0.2, -0.15) is 0 Å². The largest absolute Gasteiger partial charge is 0.496 e. The van der Waals surface area contributed by atoms with Gasteiger partial charge in [-0.15, -0.1) is 0 Å². The number of ether oxygens (including phenoxy) is 1. The molecule has 0 saturated heterocycles. The minimum absolute atomic E-state index is 0.0166. The lowest BCUT2D eigenvalue weighted by Gasteiger charge is -2.11. The second-order valence-corrected chi connectivity index (χ2v) is 6.65. The molecule has 0 atom stereocenters. The van der Waals surface area contributed by atoms with E-state index < -0.39 is 15.9 Å². The first-order valence-corrected chi connectivity index (χ1v) is 8.65. The highest BCUT2D eigenvalue weighted by atomic mass is 32.2. The zero-order valence-corrected chi connectivity index (χ0v) is 14.3. The Labute approximate surface area is 144 Å². The Balaban J connectivity index is 2.04. The van der Waals surface area contributed by atoms with Crippen LogP contribution in [0.25, 0.3) is 0 Å². The third kappa shape index (κ3) is 4.51. The monoisotopic (exact) mass is 365 g/mol. The predicted octanol–water partition coefficient (Wildman–Crippen LogP) is 1.47. The van der Waals surface area contributed by atoms with E-state index in [1.807, 2.05) is 0 Å². The molecule has 0 saturated carbocycles. The van der Waals surface area contributed by atoms with Gasteiger partial charge in [-0.1, -0.05) is 12.1 Å². The Morgan fingerprint density at radius 2 is 1.75 bits per heavy atom. The molecule has 2 rings (SSSR count). The molecule has 0 radical (unpaired) electrons. The number of benzene rings is 2. The van der Waals surface area contributed by atoms with Crippen molar-refractivity contribution in [1.82, 2.24) is 5.32 Å². The lowest BCUT2D eigenvalue weighted by Crippen LogP contribution is -2.34. The molecule has 0 fully saturated rings. The average molecular weight is 365 g/mol. The smallest absolute Gasteiger partial charge is 0.261 e. The van der Waals surface area contributed by atoms with Crippen LogP contribution in [0.4, 0.5) is 5.69 Å². The van der Waals surface area contributed by atoms with E-state index in [9.17, 15) is 13.2 Å². The summed E-state index contributed by atoms with van der Waals surface area (Å²) < 4.78 is 27.5. The Bertz CT molecular complexity index is 865. The number of amides is 1. The van der Waals surface area contributed by atoms with E-state index in [2.05, 4.69) is 10.6 Å². The van der Waals surface area contributed by atoms with Crippen molar-refractivity contribution in [3.05, 3.63) is 54.1 Å². The van der Waals surface area contributed by atoms with Crippen molar-refractivity contribution in [3.8, 4) is 5.75 Å². The number of sulfonamides is 1. The second-order valence-electron chi connectivity index (χ2n) is 4.68. The standard InChI is InChI=1S/C15H15N3O4S2/c1-22-13-5-3-2-4-12(13)14(19)18-15(23)17-10-6-8-11(9-7-10)24(16,20)21/h2-9H,1H3,(H2,16,20,21)(H2,17,18,19,23). The molecule has 126 valence electrons. The SMILES string of the molecule is COc1ccccc1C(=O)NC(=S)Nc1ccc(S(N)(=O)=O)cc1. The van der Waals surface area contributed by atoms with E-state index in [4.69, 9.17) is 22.1 Å². The summed E-state index contributed by atoms with van der Waals surface area (Å²) >= 11 is 5.07. The number of nitrogens with one attached hydrogen (secondary N) is 2. The number of hydrogen-bond acceptors (Lipinski definition) is 5. The number of hydrogen-bond donors (Lipinski definition) is 3. The number of para-hydroxylation sites is 1. The van der Waals surface area contributed by atoms with Crippen LogP contribution >= 0.6 is 12.2 Å². The van der Waals surface area contributed by atoms with Crippen molar-refractivity contribution in [2.45, 2.75) is 4.90 Å². The first kappa shape index (κ1) is 17.9. The van der Waals surface area contributed by atoms with Crippen LogP contribution in [-0.4, -0.2) is 26.5 Å². The third-order valence-electron chi connectivity index (χ3n) is 3.02. The molecule has 7 nitrogen and oxygen atoms in total. The highest BCUT2D eigenvalue weighted by molar-refractivity contribution is 7.89. The fraction of sp³-hybridized carbons (Fsp3) is 0.0667. The summed E-state index contributed by atoms with van der Waals surface area (Å²) in [6.45, 7) is 0. The van der Waals surface area contributed by atoms with Crippen LogP contribution in [-0.2, 0) is 10.0 Å². The Morgan fingerprint density at radius 3 is 2.33 bits per heavy atom. The summed E-state index contributed by atoms with van der Waals surface area (Å²) in [5, 5.41) is 10.4. The van der Waals surface area contributed by atoms with Gasteiger partial charge in [0.15, 0.2) is 5.11 Å². The summed E-state index contributed by atoms with van der Waals surface area (Å²) in [6, 6.07) is 12.4. The van der Waals surface area contributed by atoms with E-state index in [1.54, 1.807) is 24.3 Å². The van der Waals surface area contributed by atoms with E-state index in [0.29, 0.717) is 17.0 Å². The molecular formula is C15H15N3O4S2. The van der Waals surface area contributed by atoms with Crippen LogP contribution in [0.1, 0.15) is 10.4 Å². The Morgan fingerprint density at radius 1 is 1.12 bits per heavy atom. The number of carbonyl (C=O) groups excluding carboxylic acids is 1. The van der Waals surface area contributed by atoms with Crippen molar-refractivity contribution in [1.29, 1.82) is 0 Å². The van der Waals surface area contributed by atoms with Crippen LogP contribution in [0.5, 0.6) is 5.75 Å². The Hall–Kier alpha value is -2.49. The molecule has 1 amide bonds. The zero-order valence-electron chi connectivity index (χ0n) is 12.6. The molecule has 0 aliphatic rings. The minimum atomic E-state index is -3.76. The van der Waals surface area contributed by atoms with Gasteiger partial charge in [0, 0.05) is 5.69 Å². The van der Waals surface area contributed by atoms with Crippen molar-refractivity contribution < 1.29 is 17.9 Å². The molecule has 0 heterocycles. The van der Waals surface area contributed by atoms with Gasteiger partial charge in [0.1, 0.15) is 5.75 Å². The highest BCUT2D eigenvalue weighted by Crippen LogP contribution is 2.17. The molecule has 0 aliphatic carbocycles. The predicted molar refractivity (Wildman–Crippen MR) is 94.5 cm³/mol. The number of nitrogens with two attached hydrogens (primary N) is 1. The van der Waals surface area contributed by atoms with Crippen molar-refractivity contribution in [3.63, 3.8) is 0 Å². The molecule has 0 bridgehead atoms. The summed E-state index contributed by atoms with van der Waals surface area (Å²) in [7, 11) is -2.29. The second kappa shape index (κ2) is 7.39. The molecule has 0 aromatic heterocycles. The van der Waals surface area contributed by atoms with E-state index in [0.717, 1.165) is 0 Å². The van der Waals surface area contributed by atoms with Gasteiger partial charge in [0.05, 0.1) is 17.6 Å². The van der Waals surface area contributed by atoms with Crippen LogP contribution in [0.15, 0.2) is 53.4 Å². The fourth-order valence-corrected chi connectivity index (χ4v) is 2.62. The lowest BCUT2D eigenvalue weighted by molar-refractivity contribution is 0.0975. The molecule has 24 heavy (non-hydrogen) atoms. The normalized spacial score (nSPS) is 10.8. The molecule has 2 aromatic carbocycles. The molecular weight excluding hydrogens is 350 g/mol. The first-order valence-electron chi connectivity index (χ1n) is 6.69. The van der Waals surface area contributed by atoms with Crippen molar-refractivity contribution >= 4 is 38.9 Å². The number of primary sulfonamides is 1. The topological polar surface area (TPSA) is 111 Å². The van der Waals surface area contributed by atoms with E-state index >= 15 is 0 Å². The van der Waals surface area contributed by atoms with Gasteiger partial charge in [-0.3, -0.25) is 10.1 Å². The minimum Gasteiger partial charge on any atom is -0.496 e. The number of thiocarbonyl (C=S) groups is 1. The molecule has 0 aliphatic heterocycles. The number of rotatable bonds is 4. The van der Waals surface area contributed by atoms with Gasteiger partial charge < -0.3 is 10.1 Å². The van der Waals surface area contributed by atoms with Crippen molar-refractivity contribution in [2.24, 2.45) is 5.14 Å². The summed E-state index contributed by atoms with van der Waals surface area (Å²) in [4.78, 5) is 12.2. The quantitative estimate of drug-likeness (QED) is 0.708. The van der Waals surface area contributed by atoms with E-state index in [1.165, 1.54) is 31.4 Å². The van der Waals surface area contributed by atoms with Crippen LogP contribution in [0, 0.1) is 0 Å². The van der Waals surface area contributed by atoms with E-state index in [-0.39, 0.29) is 10.0 Å². The molecule has 4 N–H and O–H groups in total. The zero-order chi connectivity index (χ0) is 17.7. The Kier molecular flexibility index (Phi) is 5.50. The third-order valence-corrected chi connectivity index (χ3v) is 4.15. The van der Waals surface area contributed by atoms with Gasteiger partial charge in [0.25, 0.3) is 5.91 Å². The van der Waals surface area contributed by atoms with Crippen LogP contribution < -0.4 is 20.5 Å². The number of anilines is 1. The molecule has 0 unspecified atom stereocenters. The maximum Gasteiger partial charge on any atom is 0.261 e. The van der Waals surface area contributed by atoms with Crippen molar-refractivity contribution in [2.75, 3.05) is 12.4 Å². The lowest BCUT2D eigenvalue weighted by atomic mass is 10.2. The average Bonchev–Trinajstić information content (AvgIpc) is 2.54. The highest BCUT2D eigenvalue weighted by Gasteiger charge is 2.13. The maximum atomic E-state index is 12.2. The number of carbonyl (C=O) groups is 1. The maximum absolute atomic E-state index is 12.2. The van der Waals surface area contributed by atoms with Gasteiger partial charge in [-0.05, 0) is 48.6 Å². The first-order chi connectivity index (χ1) is 11.3. The van der Waals surface area contributed by atoms with Gasteiger partial charge in [-0.25, -0.2) is 13.6 Å². The molecule has 2 aromatic rings. The van der Waals surface area contributed by atoms with Gasteiger partial charge in [0.2, 0.25) is 10.0 Å². The fourth-order valence-electron chi connectivity index (χ4n) is 1.89.